The van der Waals surface area contributed by atoms with Crippen LogP contribution in [0.2, 0.25) is 0 Å². The summed E-state index contributed by atoms with van der Waals surface area (Å²) in [6, 6.07) is 16.7. The predicted octanol–water partition coefficient (Wildman–Crippen LogP) is 6.50. The number of para-hydroxylation sites is 1. The van der Waals surface area contributed by atoms with Gasteiger partial charge in [-0.25, -0.2) is 19.0 Å². The van der Waals surface area contributed by atoms with Crippen LogP contribution in [0.4, 0.5) is 23.4 Å². The number of nitrogens with two attached hydrogens (primary N) is 1. The molecular weight excluding hydrogens is 542 g/mol. The van der Waals surface area contributed by atoms with Crippen molar-refractivity contribution < 1.29 is 26.7 Å². The lowest BCUT2D eigenvalue weighted by Gasteiger charge is -2.17. The van der Waals surface area contributed by atoms with Gasteiger partial charge in [0.15, 0.2) is 5.65 Å². The first-order valence-electron chi connectivity index (χ1n) is 12.3. The summed E-state index contributed by atoms with van der Waals surface area (Å²) in [5.41, 5.74) is 7.64. The third-order valence-corrected chi connectivity index (χ3v) is 6.56. The molecule has 6 rings (SSSR count). The number of halogens is 4. The summed E-state index contributed by atoms with van der Waals surface area (Å²) in [7, 11) is 0. The molecule has 3 aromatic carbocycles. The molecule has 0 radical (unpaired) electrons. The first kappa shape index (κ1) is 26.0. The van der Waals surface area contributed by atoms with Gasteiger partial charge < -0.3 is 14.9 Å². The standard InChI is InChI=1S/C29H19F4N5O3/c1-15(26-22(17-5-4-6-18(30)13-17)25(39)20-7-2-3-8-21(20)40-26)38-28-23(27(34)35-14-36-28)24(37-38)16-9-11-19(12-10-16)41-29(31,32)33/h2-15H,1H3,(H2,34,35,36). The molecule has 0 fully saturated rings. The summed E-state index contributed by atoms with van der Waals surface area (Å²) >= 11 is 0. The second-order valence-corrected chi connectivity index (χ2v) is 9.18. The van der Waals surface area contributed by atoms with E-state index in [0.29, 0.717) is 33.2 Å². The molecular formula is C29H19F4N5O3. The fourth-order valence-electron chi connectivity index (χ4n) is 4.76. The highest BCUT2D eigenvalue weighted by atomic mass is 19.4. The molecule has 3 heterocycles. The van der Waals surface area contributed by atoms with Crippen LogP contribution in [0.15, 0.2) is 88.3 Å². The van der Waals surface area contributed by atoms with Gasteiger partial charge in [-0.1, -0.05) is 24.3 Å². The second-order valence-electron chi connectivity index (χ2n) is 9.18. The normalized spacial score (nSPS) is 12.6. The van der Waals surface area contributed by atoms with E-state index in [9.17, 15) is 22.4 Å². The van der Waals surface area contributed by atoms with E-state index >= 15 is 0 Å². The van der Waals surface area contributed by atoms with E-state index in [2.05, 4.69) is 14.7 Å². The van der Waals surface area contributed by atoms with Crippen molar-refractivity contribution in [3.8, 4) is 28.1 Å². The van der Waals surface area contributed by atoms with E-state index in [0.717, 1.165) is 12.1 Å². The largest absolute Gasteiger partial charge is 0.573 e. The van der Waals surface area contributed by atoms with Gasteiger partial charge in [0.25, 0.3) is 0 Å². The van der Waals surface area contributed by atoms with Crippen LogP contribution in [0.1, 0.15) is 18.7 Å². The molecule has 0 saturated heterocycles. The summed E-state index contributed by atoms with van der Waals surface area (Å²) in [5.74, 6) is -0.648. The number of rotatable bonds is 5. The van der Waals surface area contributed by atoms with E-state index in [-0.39, 0.29) is 28.2 Å². The number of aromatic nitrogens is 4. The van der Waals surface area contributed by atoms with Crippen molar-refractivity contribution in [1.29, 1.82) is 0 Å². The van der Waals surface area contributed by atoms with Crippen molar-refractivity contribution in [2.45, 2.75) is 19.3 Å². The van der Waals surface area contributed by atoms with Gasteiger partial charge >= 0.3 is 6.36 Å². The molecule has 8 nitrogen and oxygen atoms in total. The van der Waals surface area contributed by atoms with Gasteiger partial charge in [0.1, 0.15) is 46.8 Å². The van der Waals surface area contributed by atoms with Crippen LogP contribution in [0.3, 0.4) is 0 Å². The van der Waals surface area contributed by atoms with Crippen molar-refractivity contribution in [3.05, 3.63) is 101 Å². The highest BCUT2D eigenvalue weighted by Gasteiger charge is 2.31. The number of nitrogen functional groups attached to an aromatic ring is 1. The lowest BCUT2D eigenvalue weighted by molar-refractivity contribution is -0.274. The van der Waals surface area contributed by atoms with Gasteiger partial charge in [0.05, 0.1) is 16.3 Å². The Morgan fingerprint density at radius 2 is 1.73 bits per heavy atom. The number of hydrogen-bond acceptors (Lipinski definition) is 7. The van der Waals surface area contributed by atoms with Crippen LogP contribution in [-0.4, -0.2) is 26.1 Å². The van der Waals surface area contributed by atoms with Gasteiger partial charge in [0, 0.05) is 5.56 Å². The summed E-state index contributed by atoms with van der Waals surface area (Å²) in [4.78, 5) is 22.1. The Labute approximate surface area is 228 Å². The number of benzene rings is 3. The quantitative estimate of drug-likeness (QED) is 0.240. The molecule has 41 heavy (non-hydrogen) atoms. The van der Waals surface area contributed by atoms with Crippen molar-refractivity contribution in [3.63, 3.8) is 0 Å². The van der Waals surface area contributed by atoms with E-state index < -0.39 is 24.0 Å². The summed E-state index contributed by atoms with van der Waals surface area (Å²) in [6.07, 6.45) is -3.59. The van der Waals surface area contributed by atoms with Crippen molar-refractivity contribution >= 4 is 27.8 Å². The molecule has 206 valence electrons. The Hall–Kier alpha value is -5.26. The molecule has 3 aromatic heterocycles. The third kappa shape index (κ3) is 4.73. The zero-order valence-electron chi connectivity index (χ0n) is 21.2. The molecule has 2 N–H and O–H groups in total. The van der Waals surface area contributed by atoms with Crippen molar-refractivity contribution in [1.82, 2.24) is 19.7 Å². The predicted molar refractivity (Wildman–Crippen MR) is 144 cm³/mol. The number of anilines is 1. The topological polar surface area (TPSA) is 109 Å². The lowest BCUT2D eigenvalue weighted by atomic mass is 9.99. The van der Waals surface area contributed by atoms with Crippen molar-refractivity contribution in [2.75, 3.05) is 5.73 Å². The highest BCUT2D eigenvalue weighted by Crippen LogP contribution is 2.37. The Kier molecular flexibility index (Phi) is 6.17. The molecule has 0 spiro atoms. The minimum Gasteiger partial charge on any atom is -0.458 e. The molecule has 0 aliphatic carbocycles. The number of nitrogens with zero attached hydrogens (tertiary/aromatic N) is 4. The molecule has 1 atom stereocenters. The molecule has 1 unspecified atom stereocenters. The van der Waals surface area contributed by atoms with Gasteiger partial charge in [-0.2, -0.15) is 5.10 Å². The van der Waals surface area contributed by atoms with Crippen LogP contribution in [-0.2, 0) is 0 Å². The lowest BCUT2D eigenvalue weighted by Crippen LogP contribution is -2.17. The summed E-state index contributed by atoms with van der Waals surface area (Å²) in [5, 5.41) is 5.37. The minimum atomic E-state index is -4.84. The Morgan fingerprint density at radius 3 is 2.46 bits per heavy atom. The Morgan fingerprint density at radius 1 is 0.976 bits per heavy atom. The third-order valence-electron chi connectivity index (χ3n) is 6.56. The summed E-state index contributed by atoms with van der Waals surface area (Å²) < 4.78 is 64.0. The average Bonchev–Trinajstić information content (AvgIpc) is 3.33. The maximum absolute atomic E-state index is 14.3. The zero-order chi connectivity index (χ0) is 28.9. The molecule has 0 aliphatic heterocycles. The van der Waals surface area contributed by atoms with Gasteiger partial charge in [0.2, 0.25) is 5.43 Å². The number of fused-ring (bicyclic) bond motifs is 2. The molecule has 0 bridgehead atoms. The Balaban J connectivity index is 1.56. The second kappa shape index (κ2) is 9.73. The van der Waals surface area contributed by atoms with E-state index in [4.69, 9.17) is 15.2 Å². The summed E-state index contributed by atoms with van der Waals surface area (Å²) in [6.45, 7) is 1.73. The Bertz CT molecular complexity index is 1980. The molecule has 12 heteroatoms. The average molecular weight is 561 g/mol. The first-order valence-corrected chi connectivity index (χ1v) is 12.3. The molecule has 0 amide bonds. The minimum absolute atomic E-state index is 0.0874. The van der Waals surface area contributed by atoms with Crippen LogP contribution < -0.4 is 15.9 Å². The number of alkyl halides is 3. The van der Waals surface area contributed by atoms with Gasteiger partial charge in [-0.05, 0) is 61.0 Å². The number of hydrogen-bond donors (Lipinski definition) is 1. The monoisotopic (exact) mass is 561 g/mol. The SMILES string of the molecule is CC(c1oc2ccccc2c(=O)c1-c1cccc(F)c1)n1nc(-c2ccc(OC(F)(F)F)cc2)c2c(N)ncnc21. The zero-order valence-corrected chi connectivity index (χ0v) is 21.2. The fraction of sp³-hybridized carbons (Fsp3) is 0.103. The van der Waals surface area contributed by atoms with Crippen LogP contribution >= 0.6 is 0 Å². The van der Waals surface area contributed by atoms with E-state index in [1.165, 1.54) is 41.3 Å². The maximum atomic E-state index is 14.3. The van der Waals surface area contributed by atoms with E-state index in [1.54, 1.807) is 37.3 Å². The number of ether oxygens (including phenoxy) is 1. The van der Waals surface area contributed by atoms with Gasteiger partial charge in [-0.3, -0.25) is 4.79 Å². The van der Waals surface area contributed by atoms with Crippen LogP contribution in [0, 0.1) is 5.82 Å². The fourth-order valence-corrected chi connectivity index (χ4v) is 4.76. The smallest absolute Gasteiger partial charge is 0.458 e. The first-order chi connectivity index (χ1) is 19.6. The maximum Gasteiger partial charge on any atom is 0.573 e. The molecule has 0 aliphatic rings. The van der Waals surface area contributed by atoms with E-state index in [1.807, 2.05) is 0 Å². The van der Waals surface area contributed by atoms with Gasteiger partial charge in [-0.15, -0.1) is 13.2 Å². The highest BCUT2D eigenvalue weighted by molar-refractivity contribution is 5.98. The van der Waals surface area contributed by atoms with Crippen LogP contribution in [0.5, 0.6) is 5.75 Å². The van der Waals surface area contributed by atoms with Crippen LogP contribution in [0.25, 0.3) is 44.4 Å². The molecule has 0 saturated carbocycles. The molecule has 6 aromatic rings. The van der Waals surface area contributed by atoms with Crippen molar-refractivity contribution in [2.24, 2.45) is 0 Å².